The second-order valence-electron chi connectivity index (χ2n) is 7.02. The number of anilines is 1. The van der Waals surface area contributed by atoms with Crippen LogP contribution < -0.4 is 16.2 Å². The van der Waals surface area contributed by atoms with Crippen LogP contribution in [-0.4, -0.2) is 33.5 Å². The number of hydrogen-bond donors (Lipinski definition) is 1. The highest BCUT2D eigenvalue weighted by atomic mass is 16.6. The fourth-order valence-electron chi connectivity index (χ4n) is 3.82. The van der Waals surface area contributed by atoms with E-state index < -0.39 is 10.8 Å². The van der Waals surface area contributed by atoms with E-state index in [1.807, 2.05) is 23.1 Å². The molecule has 0 spiro atoms. The number of nitro benzene ring substituents is 1. The van der Waals surface area contributed by atoms with Crippen LogP contribution in [0.3, 0.4) is 0 Å². The van der Waals surface area contributed by atoms with Crippen molar-refractivity contribution < 1.29 is 9.72 Å². The number of piperidine rings is 1. The lowest BCUT2D eigenvalue weighted by molar-refractivity contribution is -0.385. The van der Waals surface area contributed by atoms with E-state index in [9.17, 15) is 19.7 Å². The summed E-state index contributed by atoms with van der Waals surface area (Å²) in [5.74, 6) is -0.831. The number of nitrogens with zero attached hydrogens (tertiary/aromatic N) is 4. The summed E-state index contributed by atoms with van der Waals surface area (Å²) in [5.41, 5.74) is 6.22. The Morgan fingerprint density at radius 2 is 1.90 bits per heavy atom. The van der Waals surface area contributed by atoms with Crippen LogP contribution >= 0.6 is 0 Å². The summed E-state index contributed by atoms with van der Waals surface area (Å²) in [5, 5.41) is 11.7. The third kappa shape index (κ3) is 3.42. The van der Waals surface area contributed by atoms with Gasteiger partial charge in [0.25, 0.3) is 17.2 Å². The monoisotopic (exact) mass is 393 g/mol. The molecule has 1 amide bonds. The standard InChI is InChI=1S/C20H19N5O4/c21-19(26)16-11-14(5-6-18(16)25(28)29)23-9-7-13(8-10-23)24-12-22-17-4-2-1-3-15(17)20(24)27/h1-6,11-13H,7-10H2,(H2,21,26). The van der Waals surface area contributed by atoms with Crippen LogP contribution in [0.4, 0.5) is 11.4 Å². The van der Waals surface area contributed by atoms with Crippen LogP contribution in [0.1, 0.15) is 29.2 Å². The molecule has 3 aromatic rings. The van der Waals surface area contributed by atoms with Crippen molar-refractivity contribution in [1.82, 2.24) is 9.55 Å². The Balaban J connectivity index is 1.55. The molecule has 1 aromatic heterocycles. The molecule has 4 rings (SSSR count). The third-order valence-electron chi connectivity index (χ3n) is 5.36. The molecule has 0 radical (unpaired) electrons. The molecule has 2 aromatic carbocycles. The Bertz CT molecular complexity index is 1160. The maximum Gasteiger partial charge on any atom is 0.282 e. The number of fused-ring (bicyclic) bond motifs is 1. The van der Waals surface area contributed by atoms with E-state index in [4.69, 9.17) is 5.73 Å². The number of carbonyl (C=O) groups is 1. The van der Waals surface area contributed by atoms with Crippen molar-refractivity contribution in [3.05, 3.63) is 74.8 Å². The zero-order valence-electron chi connectivity index (χ0n) is 15.5. The van der Waals surface area contributed by atoms with Crippen LogP contribution in [-0.2, 0) is 0 Å². The minimum Gasteiger partial charge on any atom is -0.371 e. The minimum atomic E-state index is -0.831. The third-order valence-corrected chi connectivity index (χ3v) is 5.36. The molecule has 9 nitrogen and oxygen atoms in total. The summed E-state index contributed by atoms with van der Waals surface area (Å²) in [6, 6.07) is 11.7. The highest BCUT2D eigenvalue weighted by Crippen LogP contribution is 2.29. The predicted molar refractivity (Wildman–Crippen MR) is 108 cm³/mol. The minimum absolute atomic E-state index is 0.0181. The lowest BCUT2D eigenvalue weighted by atomic mass is 10.0. The molecule has 2 heterocycles. The fourth-order valence-corrected chi connectivity index (χ4v) is 3.82. The van der Waals surface area contributed by atoms with E-state index in [2.05, 4.69) is 4.98 Å². The molecule has 9 heteroatoms. The number of hydrogen-bond acceptors (Lipinski definition) is 6. The summed E-state index contributed by atoms with van der Waals surface area (Å²) in [6.07, 6.45) is 3.02. The van der Waals surface area contributed by atoms with Crippen LogP contribution in [0, 0.1) is 10.1 Å². The molecule has 0 unspecified atom stereocenters. The summed E-state index contributed by atoms with van der Waals surface area (Å²) < 4.78 is 1.68. The van der Waals surface area contributed by atoms with E-state index in [0.717, 1.165) is 0 Å². The molecule has 1 aliphatic heterocycles. The van der Waals surface area contributed by atoms with Crippen molar-refractivity contribution in [1.29, 1.82) is 0 Å². The van der Waals surface area contributed by atoms with Crippen molar-refractivity contribution in [2.75, 3.05) is 18.0 Å². The van der Waals surface area contributed by atoms with Crippen LogP contribution in [0.2, 0.25) is 0 Å². The van der Waals surface area contributed by atoms with Gasteiger partial charge < -0.3 is 10.6 Å². The highest BCUT2D eigenvalue weighted by Gasteiger charge is 2.25. The molecule has 0 saturated carbocycles. The van der Waals surface area contributed by atoms with Crippen LogP contribution in [0.25, 0.3) is 10.9 Å². The number of para-hydroxylation sites is 1. The number of primary amides is 1. The van der Waals surface area contributed by atoms with Gasteiger partial charge in [0.05, 0.1) is 22.2 Å². The summed E-state index contributed by atoms with van der Waals surface area (Å²) in [6.45, 7) is 1.28. The molecule has 148 valence electrons. The Morgan fingerprint density at radius 3 is 2.59 bits per heavy atom. The number of amides is 1. The average Bonchev–Trinajstić information content (AvgIpc) is 2.74. The van der Waals surface area contributed by atoms with E-state index in [1.165, 1.54) is 12.1 Å². The molecule has 2 N–H and O–H groups in total. The normalized spacial score (nSPS) is 14.8. The second kappa shape index (κ2) is 7.34. The molecule has 0 bridgehead atoms. The SMILES string of the molecule is NC(=O)c1cc(N2CCC(n3cnc4ccccc4c3=O)CC2)ccc1[N+](=O)[O-]. The van der Waals surface area contributed by atoms with Gasteiger partial charge in [0, 0.05) is 30.9 Å². The zero-order chi connectivity index (χ0) is 20.5. The topological polar surface area (TPSA) is 124 Å². The van der Waals surface area contributed by atoms with Crippen molar-refractivity contribution in [3.63, 3.8) is 0 Å². The Hall–Kier alpha value is -3.75. The van der Waals surface area contributed by atoms with Gasteiger partial charge in [-0.3, -0.25) is 24.3 Å². The molecule has 1 fully saturated rings. The fraction of sp³-hybridized carbons (Fsp3) is 0.250. The first kappa shape index (κ1) is 18.6. The van der Waals surface area contributed by atoms with Gasteiger partial charge in [0.15, 0.2) is 0 Å². The Kier molecular flexibility index (Phi) is 4.71. The average molecular weight is 393 g/mol. The van der Waals surface area contributed by atoms with Crippen molar-refractivity contribution in [2.24, 2.45) is 5.73 Å². The van der Waals surface area contributed by atoms with Crippen LogP contribution in [0.5, 0.6) is 0 Å². The van der Waals surface area contributed by atoms with Gasteiger partial charge in [-0.2, -0.15) is 0 Å². The first-order chi connectivity index (χ1) is 14.0. The first-order valence-electron chi connectivity index (χ1n) is 9.25. The zero-order valence-corrected chi connectivity index (χ0v) is 15.5. The highest BCUT2D eigenvalue weighted by molar-refractivity contribution is 5.98. The number of carbonyl (C=O) groups excluding carboxylic acids is 1. The first-order valence-corrected chi connectivity index (χ1v) is 9.25. The summed E-state index contributed by atoms with van der Waals surface area (Å²) in [7, 11) is 0. The Morgan fingerprint density at radius 1 is 1.17 bits per heavy atom. The van der Waals surface area contributed by atoms with Gasteiger partial charge >= 0.3 is 0 Å². The molecule has 0 atom stereocenters. The Labute approximate surface area is 165 Å². The maximum absolute atomic E-state index is 12.8. The van der Waals surface area contributed by atoms with E-state index >= 15 is 0 Å². The quantitative estimate of drug-likeness (QED) is 0.535. The van der Waals surface area contributed by atoms with Gasteiger partial charge in [-0.1, -0.05) is 12.1 Å². The second-order valence-corrected chi connectivity index (χ2v) is 7.02. The van der Waals surface area contributed by atoms with E-state index in [1.54, 1.807) is 23.0 Å². The number of rotatable bonds is 4. The number of nitro groups is 1. The molecule has 1 saturated heterocycles. The molecular formula is C20H19N5O4. The van der Waals surface area contributed by atoms with Gasteiger partial charge in [-0.25, -0.2) is 4.98 Å². The molecule has 0 aliphatic carbocycles. The smallest absolute Gasteiger partial charge is 0.282 e. The maximum atomic E-state index is 12.8. The summed E-state index contributed by atoms with van der Waals surface area (Å²) in [4.78, 5) is 41.3. The number of aromatic nitrogens is 2. The summed E-state index contributed by atoms with van der Waals surface area (Å²) >= 11 is 0. The van der Waals surface area contributed by atoms with E-state index in [-0.39, 0.29) is 22.9 Å². The van der Waals surface area contributed by atoms with Gasteiger partial charge in [0.2, 0.25) is 0 Å². The lowest BCUT2D eigenvalue weighted by Crippen LogP contribution is -2.37. The molecule has 29 heavy (non-hydrogen) atoms. The largest absolute Gasteiger partial charge is 0.371 e. The van der Waals surface area contributed by atoms with Crippen molar-refractivity contribution >= 4 is 28.2 Å². The molecular weight excluding hydrogens is 374 g/mol. The van der Waals surface area contributed by atoms with Crippen molar-refractivity contribution in [3.8, 4) is 0 Å². The van der Waals surface area contributed by atoms with Crippen LogP contribution in [0.15, 0.2) is 53.6 Å². The van der Waals surface area contributed by atoms with Crippen molar-refractivity contribution in [2.45, 2.75) is 18.9 Å². The van der Waals surface area contributed by atoms with Gasteiger partial charge in [-0.05, 0) is 37.1 Å². The van der Waals surface area contributed by atoms with Gasteiger partial charge in [-0.15, -0.1) is 0 Å². The van der Waals surface area contributed by atoms with E-state index in [0.29, 0.717) is 42.5 Å². The number of nitrogens with two attached hydrogens (primary N) is 1. The number of benzene rings is 2. The molecule has 1 aliphatic rings. The predicted octanol–water partition coefficient (Wildman–Crippen LogP) is 2.25. The lowest BCUT2D eigenvalue weighted by Gasteiger charge is -2.34. The van der Waals surface area contributed by atoms with Gasteiger partial charge in [0.1, 0.15) is 5.56 Å².